The Morgan fingerprint density at radius 3 is 2.97 bits per heavy atom. The molecule has 1 aliphatic carbocycles. The van der Waals surface area contributed by atoms with Gasteiger partial charge in [-0.25, -0.2) is 4.79 Å². The lowest BCUT2D eigenvalue weighted by atomic mass is 9.87. The van der Waals surface area contributed by atoms with Gasteiger partial charge in [-0.15, -0.1) is 11.8 Å². The van der Waals surface area contributed by atoms with Crippen molar-refractivity contribution < 1.29 is 14.3 Å². The summed E-state index contributed by atoms with van der Waals surface area (Å²) in [6.07, 6.45) is 3.20. The van der Waals surface area contributed by atoms with Gasteiger partial charge < -0.3 is 15.0 Å². The van der Waals surface area contributed by atoms with E-state index >= 15 is 0 Å². The third kappa shape index (κ3) is 4.75. The monoisotopic (exact) mass is 433 g/mol. The number of esters is 1. The van der Waals surface area contributed by atoms with Gasteiger partial charge in [0.1, 0.15) is 0 Å². The topological polar surface area (TPSA) is 95.0 Å². The number of thioether (sulfide) groups is 1. The Balaban J connectivity index is 1.41. The maximum absolute atomic E-state index is 12.6. The van der Waals surface area contributed by atoms with Gasteiger partial charge in [0.25, 0.3) is 5.91 Å². The highest BCUT2D eigenvalue weighted by molar-refractivity contribution is 7.99. The molecule has 7 heteroatoms. The van der Waals surface area contributed by atoms with Crippen LogP contribution < -0.4 is 5.32 Å². The molecular weight excluding hydrogens is 410 g/mol. The molecule has 0 radical (unpaired) electrons. The first-order valence-electron chi connectivity index (χ1n) is 10.2. The predicted octanol–water partition coefficient (Wildman–Crippen LogP) is 4.70. The molecule has 0 bridgehead atoms. The van der Waals surface area contributed by atoms with E-state index < -0.39 is 11.9 Å². The fourth-order valence-electron chi connectivity index (χ4n) is 3.92. The molecule has 3 aromatic rings. The lowest BCUT2D eigenvalue weighted by Crippen LogP contribution is -2.21. The van der Waals surface area contributed by atoms with Gasteiger partial charge in [0.2, 0.25) is 0 Å². The first-order valence-corrected chi connectivity index (χ1v) is 11.2. The summed E-state index contributed by atoms with van der Waals surface area (Å²) in [6.45, 7) is 1.87. The molecule has 0 fully saturated rings. The summed E-state index contributed by atoms with van der Waals surface area (Å²) >= 11 is 1.34. The number of H-pyrrole nitrogens is 1. The molecule has 1 unspecified atom stereocenters. The summed E-state index contributed by atoms with van der Waals surface area (Å²) in [5.41, 5.74) is 4.60. The number of nitriles is 1. The molecule has 2 N–H and O–H groups in total. The van der Waals surface area contributed by atoms with Crippen molar-refractivity contribution >= 4 is 40.2 Å². The van der Waals surface area contributed by atoms with E-state index in [-0.39, 0.29) is 12.4 Å². The van der Waals surface area contributed by atoms with Crippen molar-refractivity contribution in [1.82, 2.24) is 4.98 Å². The smallest absolute Gasteiger partial charge is 0.338 e. The average Bonchev–Trinajstić information content (AvgIpc) is 3.14. The zero-order valence-corrected chi connectivity index (χ0v) is 18.1. The summed E-state index contributed by atoms with van der Waals surface area (Å²) in [7, 11) is 0. The van der Waals surface area contributed by atoms with Crippen LogP contribution in [-0.2, 0) is 22.4 Å². The minimum atomic E-state index is -0.525. The van der Waals surface area contributed by atoms with E-state index in [1.807, 2.05) is 24.3 Å². The molecule has 1 aliphatic rings. The molecule has 0 saturated carbocycles. The van der Waals surface area contributed by atoms with Crippen molar-refractivity contribution in [3.05, 3.63) is 59.3 Å². The summed E-state index contributed by atoms with van der Waals surface area (Å²) in [5, 5.41) is 12.6. The first kappa shape index (κ1) is 21.0. The number of hydrogen-bond acceptors (Lipinski definition) is 5. The van der Waals surface area contributed by atoms with Crippen LogP contribution in [0.25, 0.3) is 10.9 Å². The number of nitrogens with one attached hydrogen (secondary N) is 2. The zero-order valence-electron chi connectivity index (χ0n) is 17.2. The number of ether oxygens (including phenoxy) is 1. The Labute approximate surface area is 185 Å². The summed E-state index contributed by atoms with van der Waals surface area (Å²) in [6, 6.07) is 14.8. The van der Waals surface area contributed by atoms with Crippen LogP contribution in [0.2, 0.25) is 0 Å². The van der Waals surface area contributed by atoms with E-state index in [0.717, 1.165) is 28.6 Å². The number of aromatic amines is 1. The third-order valence-corrected chi connectivity index (χ3v) is 6.40. The molecule has 0 spiro atoms. The van der Waals surface area contributed by atoms with Crippen molar-refractivity contribution in [2.75, 3.05) is 17.7 Å². The minimum Gasteiger partial charge on any atom is -0.452 e. The Morgan fingerprint density at radius 1 is 1.29 bits per heavy atom. The molecule has 1 amide bonds. The highest BCUT2D eigenvalue weighted by atomic mass is 32.2. The van der Waals surface area contributed by atoms with Crippen LogP contribution in [0, 0.1) is 17.2 Å². The molecular formula is C24H23N3O3S. The van der Waals surface area contributed by atoms with Crippen molar-refractivity contribution in [2.45, 2.75) is 31.1 Å². The third-order valence-electron chi connectivity index (χ3n) is 5.46. The Bertz CT molecular complexity index is 1180. The standard InChI is InChI=1S/C24H23N3O3S/c1-15-6-8-19-17(12-15)18-13-16(7-9-20(18)26-19)24(29)30-14-23(28)27-21-4-2-3-5-22(21)31-11-10-25/h2-5,7,9,13,15,26H,6,8,11-12,14H2,1H3,(H,27,28). The SMILES string of the molecule is CC1CCc2[nH]c3ccc(C(=O)OCC(=O)Nc4ccccc4SCC#N)cc3c2C1. The van der Waals surface area contributed by atoms with Gasteiger partial charge in [0.15, 0.2) is 6.61 Å². The van der Waals surface area contributed by atoms with Crippen LogP contribution in [-0.4, -0.2) is 29.2 Å². The van der Waals surface area contributed by atoms with Crippen molar-refractivity contribution in [3.8, 4) is 6.07 Å². The lowest BCUT2D eigenvalue weighted by Gasteiger charge is -2.18. The van der Waals surface area contributed by atoms with Crippen LogP contribution >= 0.6 is 11.8 Å². The molecule has 6 nitrogen and oxygen atoms in total. The molecule has 1 heterocycles. The molecule has 0 saturated heterocycles. The molecule has 31 heavy (non-hydrogen) atoms. The van der Waals surface area contributed by atoms with Gasteiger partial charge in [-0.1, -0.05) is 19.1 Å². The number of fused-ring (bicyclic) bond motifs is 3. The Hall–Kier alpha value is -3.24. The van der Waals surface area contributed by atoms with Crippen LogP contribution in [0.4, 0.5) is 5.69 Å². The van der Waals surface area contributed by atoms with E-state index in [4.69, 9.17) is 10.00 Å². The maximum Gasteiger partial charge on any atom is 0.338 e. The van der Waals surface area contributed by atoms with Gasteiger partial charge in [0.05, 0.1) is 23.1 Å². The second kappa shape index (κ2) is 9.27. The van der Waals surface area contributed by atoms with E-state index in [2.05, 4.69) is 23.3 Å². The predicted molar refractivity (Wildman–Crippen MR) is 121 cm³/mol. The second-order valence-electron chi connectivity index (χ2n) is 7.76. The quantitative estimate of drug-likeness (QED) is 0.434. The first-order chi connectivity index (χ1) is 15.0. The second-order valence-corrected chi connectivity index (χ2v) is 8.77. The van der Waals surface area contributed by atoms with E-state index in [0.29, 0.717) is 17.2 Å². The number of carbonyl (C=O) groups is 2. The number of aryl methyl sites for hydroxylation is 1. The van der Waals surface area contributed by atoms with Crippen LogP contribution in [0.1, 0.15) is 35.0 Å². The maximum atomic E-state index is 12.6. The number of benzene rings is 2. The Kier molecular flexibility index (Phi) is 6.28. The number of nitrogens with zero attached hydrogens (tertiary/aromatic N) is 1. The summed E-state index contributed by atoms with van der Waals surface area (Å²) in [5.74, 6) is -0.0401. The van der Waals surface area contributed by atoms with Gasteiger partial charge in [0, 0.05) is 21.5 Å². The van der Waals surface area contributed by atoms with Crippen molar-refractivity contribution in [2.24, 2.45) is 5.92 Å². The number of para-hydroxylation sites is 1. The largest absolute Gasteiger partial charge is 0.452 e. The zero-order chi connectivity index (χ0) is 21.8. The molecule has 4 rings (SSSR count). The van der Waals surface area contributed by atoms with Crippen molar-refractivity contribution in [3.63, 3.8) is 0 Å². The van der Waals surface area contributed by atoms with Gasteiger partial charge in [-0.05, 0) is 61.1 Å². The highest BCUT2D eigenvalue weighted by Gasteiger charge is 2.21. The number of rotatable bonds is 6. The fraction of sp³-hybridized carbons (Fsp3) is 0.292. The number of anilines is 1. The van der Waals surface area contributed by atoms with Crippen LogP contribution in [0.3, 0.4) is 0 Å². The number of hydrogen-bond donors (Lipinski definition) is 2. The summed E-state index contributed by atoms with van der Waals surface area (Å²) < 4.78 is 5.25. The minimum absolute atomic E-state index is 0.284. The number of amides is 1. The summed E-state index contributed by atoms with van der Waals surface area (Å²) in [4.78, 5) is 29.1. The van der Waals surface area contributed by atoms with Gasteiger partial charge in [-0.3, -0.25) is 4.79 Å². The highest BCUT2D eigenvalue weighted by Crippen LogP contribution is 2.32. The number of carbonyl (C=O) groups excluding carboxylic acids is 2. The van der Waals surface area contributed by atoms with E-state index in [9.17, 15) is 9.59 Å². The Morgan fingerprint density at radius 2 is 2.13 bits per heavy atom. The van der Waals surface area contributed by atoms with Crippen LogP contribution in [0.15, 0.2) is 47.4 Å². The lowest BCUT2D eigenvalue weighted by molar-refractivity contribution is -0.119. The molecule has 1 atom stereocenters. The molecule has 158 valence electrons. The van der Waals surface area contributed by atoms with E-state index in [1.165, 1.54) is 29.4 Å². The van der Waals surface area contributed by atoms with Crippen molar-refractivity contribution in [1.29, 1.82) is 5.26 Å². The number of aromatic nitrogens is 1. The molecule has 2 aromatic carbocycles. The average molecular weight is 434 g/mol. The molecule has 0 aliphatic heterocycles. The normalized spacial score (nSPS) is 15.2. The van der Waals surface area contributed by atoms with Crippen LogP contribution in [0.5, 0.6) is 0 Å². The molecule has 1 aromatic heterocycles. The van der Waals surface area contributed by atoms with Gasteiger partial charge in [-0.2, -0.15) is 5.26 Å². The van der Waals surface area contributed by atoms with E-state index in [1.54, 1.807) is 18.2 Å². The fourth-order valence-corrected chi connectivity index (χ4v) is 4.59. The van der Waals surface area contributed by atoms with Gasteiger partial charge >= 0.3 is 5.97 Å².